The van der Waals surface area contributed by atoms with Crippen molar-refractivity contribution in [2.45, 2.75) is 0 Å². The molecular formula is C44H30N2O2. The molecule has 0 aliphatic heterocycles. The molecule has 228 valence electrons. The van der Waals surface area contributed by atoms with Crippen LogP contribution in [0.25, 0.3) is 86.4 Å². The number of aryl methyl sites for hydroxylation is 2. The van der Waals surface area contributed by atoms with Gasteiger partial charge in [-0.1, -0.05) is 97.1 Å². The van der Waals surface area contributed by atoms with Crippen LogP contribution < -0.4 is 11.1 Å². The molecule has 4 nitrogen and oxygen atoms in total. The summed E-state index contributed by atoms with van der Waals surface area (Å²) in [4.78, 5) is 29.7. The van der Waals surface area contributed by atoms with Gasteiger partial charge in [0.1, 0.15) is 0 Å². The zero-order valence-electron chi connectivity index (χ0n) is 26.6. The molecule has 0 fully saturated rings. The van der Waals surface area contributed by atoms with Gasteiger partial charge < -0.3 is 9.13 Å². The van der Waals surface area contributed by atoms with Gasteiger partial charge in [0.2, 0.25) is 0 Å². The summed E-state index contributed by atoms with van der Waals surface area (Å²) in [6, 6.07) is 49.1. The van der Waals surface area contributed by atoms with Gasteiger partial charge in [-0.05, 0) is 102 Å². The summed E-state index contributed by atoms with van der Waals surface area (Å²) >= 11 is 0. The Bertz CT molecular complexity index is 2870. The van der Waals surface area contributed by atoms with Crippen molar-refractivity contribution in [1.29, 1.82) is 0 Å². The molecule has 4 heteroatoms. The van der Waals surface area contributed by atoms with E-state index in [-0.39, 0.29) is 11.1 Å². The fourth-order valence-electron chi connectivity index (χ4n) is 7.34. The van der Waals surface area contributed by atoms with E-state index in [1.165, 1.54) is 0 Å². The third-order valence-corrected chi connectivity index (χ3v) is 9.87. The van der Waals surface area contributed by atoms with Crippen LogP contribution >= 0.6 is 0 Å². The number of aromatic nitrogens is 2. The Labute approximate surface area is 275 Å². The molecule has 0 N–H and O–H groups in total. The highest BCUT2D eigenvalue weighted by atomic mass is 16.1. The average Bonchev–Trinajstić information content (AvgIpc) is 3.14. The second kappa shape index (κ2) is 10.6. The maximum absolute atomic E-state index is 14.8. The minimum absolute atomic E-state index is 0.102. The van der Waals surface area contributed by atoms with Crippen molar-refractivity contribution in [2.24, 2.45) is 14.1 Å². The molecule has 8 aromatic carbocycles. The number of rotatable bonds is 0. The summed E-state index contributed by atoms with van der Waals surface area (Å²) in [7, 11) is 3.71. The SMILES string of the molecule is Cn1c(=O)c2cc(cc3ccccc32)c2cc3ccccc3cc2n(C)c(=O)c2cc(cc3ccccc32)c2cc3ccccc3cc21. The van der Waals surface area contributed by atoms with Crippen LogP contribution in [0, 0.1) is 0 Å². The molecule has 0 saturated carbocycles. The Kier molecular flexibility index (Phi) is 6.21. The van der Waals surface area contributed by atoms with Crippen LogP contribution in [-0.4, -0.2) is 9.13 Å². The number of benzene rings is 8. The predicted molar refractivity (Wildman–Crippen MR) is 203 cm³/mol. The first-order valence-electron chi connectivity index (χ1n) is 16.1. The lowest BCUT2D eigenvalue weighted by atomic mass is 9.99. The number of fused-ring (bicyclic) bond motifs is 14. The monoisotopic (exact) mass is 618 g/mol. The van der Waals surface area contributed by atoms with E-state index in [4.69, 9.17) is 0 Å². The summed E-state index contributed by atoms with van der Waals surface area (Å²) in [6.45, 7) is 0. The Balaban J connectivity index is 1.68. The summed E-state index contributed by atoms with van der Waals surface area (Å²) in [5.74, 6) is 0. The van der Waals surface area contributed by atoms with Gasteiger partial charge in [-0.2, -0.15) is 0 Å². The molecule has 0 atom stereocenters. The van der Waals surface area contributed by atoms with Gasteiger partial charge in [-0.25, -0.2) is 0 Å². The second-order valence-corrected chi connectivity index (χ2v) is 12.7. The minimum atomic E-state index is -0.102. The first-order valence-corrected chi connectivity index (χ1v) is 16.1. The molecule has 0 spiro atoms. The molecule has 48 heavy (non-hydrogen) atoms. The average molecular weight is 619 g/mol. The molecule has 0 radical (unpaired) electrons. The van der Waals surface area contributed by atoms with Crippen LogP contribution in [0.1, 0.15) is 0 Å². The topological polar surface area (TPSA) is 44.0 Å². The number of nitrogens with zero attached hydrogens (tertiary/aromatic N) is 2. The highest BCUT2D eigenvalue weighted by Crippen LogP contribution is 2.31. The highest BCUT2D eigenvalue weighted by molar-refractivity contribution is 6.12. The van der Waals surface area contributed by atoms with E-state index in [2.05, 4.69) is 60.7 Å². The first-order chi connectivity index (χ1) is 23.4. The van der Waals surface area contributed by atoms with E-state index in [0.717, 1.165) is 75.7 Å². The smallest absolute Gasteiger partial charge is 0.258 e. The molecule has 0 amide bonds. The molecule has 0 unspecified atom stereocenters. The molecule has 1 heterocycles. The number of hydrogen-bond acceptors (Lipinski definition) is 2. The Morgan fingerprint density at radius 2 is 0.625 bits per heavy atom. The molecule has 9 aromatic rings. The molecule has 9 rings (SSSR count). The molecule has 0 aliphatic rings. The summed E-state index contributed by atoms with van der Waals surface area (Å²) in [5.41, 5.74) is 1.35. The van der Waals surface area contributed by atoms with Gasteiger partial charge in [0.15, 0.2) is 0 Å². The van der Waals surface area contributed by atoms with E-state index < -0.39 is 0 Å². The maximum Gasteiger partial charge on any atom is 0.258 e. The lowest BCUT2D eigenvalue weighted by Crippen LogP contribution is -2.16. The van der Waals surface area contributed by atoms with Gasteiger partial charge >= 0.3 is 0 Å². The molecule has 0 saturated heterocycles. The van der Waals surface area contributed by atoms with Crippen molar-refractivity contribution < 1.29 is 0 Å². The van der Waals surface area contributed by atoms with Crippen LogP contribution in [0.5, 0.6) is 0 Å². The van der Waals surface area contributed by atoms with Crippen LogP contribution in [0.2, 0.25) is 0 Å². The van der Waals surface area contributed by atoms with Crippen molar-refractivity contribution in [3.05, 3.63) is 166 Å². The minimum Gasteiger partial charge on any atom is -0.311 e. The second-order valence-electron chi connectivity index (χ2n) is 12.7. The van der Waals surface area contributed by atoms with Gasteiger partial charge in [0.05, 0.1) is 11.0 Å². The summed E-state index contributed by atoms with van der Waals surface area (Å²) in [5, 5.41) is 12.6. The zero-order valence-corrected chi connectivity index (χ0v) is 26.6. The van der Waals surface area contributed by atoms with Crippen LogP contribution in [-0.2, 0) is 14.1 Å². The highest BCUT2D eigenvalue weighted by Gasteiger charge is 2.11. The van der Waals surface area contributed by atoms with E-state index in [1.807, 2.05) is 99.0 Å². The molecule has 1 aromatic heterocycles. The molecular weight excluding hydrogens is 588 g/mol. The standard InChI is InChI=1S/C44H30N2O2/c1-45-41-25-29-13-5-3-11-27(29)21-37(41)33-19-32-16-8-10-18-36(32)40(24-33)44(48)46(2)42-26-30-14-6-4-12-28(30)22-38(42)34-20-31-15-7-9-17-35(31)39(23-34)43(45)47/h3-26H,1-2H3. The maximum atomic E-state index is 14.8. The summed E-state index contributed by atoms with van der Waals surface area (Å²) in [6.07, 6.45) is 0. The van der Waals surface area contributed by atoms with E-state index in [9.17, 15) is 9.59 Å². The fourth-order valence-corrected chi connectivity index (χ4v) is 7.34. The number of hydrogen-bond donors (Lipinski definition) is 0. The van der Waals surface area contributed by atoms with Crippen LogP contribution in [0.3, 0.4) is 0 Å². The van der Waals surface area contributed by atoms with Crippen molar-refractivity contribution in [3.8, 4) is 0 Å². The predicted octanol–water partition coefficient (Wildman–Crippen LogP) is 10.00. The fraction of sp³-hybridized carbons (Fsp3) is 0.0455. The zero-order chi connectivity index (χ0) is 32.5. The van der Waals surface area contributed by atoms with E-state index >= 15 is 0 Å². The van der Waals surface area contributed by atoms with Crippen molar-refractivity contribution in [3.63, 3.8) is 0 Å². The van der Waals surface area contributed by atoms with Crippen molar-refractivity contribution in [2.75, 3.05) is 0 Å². The third-order valence-electron chi connectivity index (χ3n) is 9.87. The largest absolute Gasteiger partial charge is 0.311 e. The Hall–Kier alpha value is -6.26. The van der Waals surface area contributed by atoms with Crippen molar-refractivity contribution >= 4 is 86.4 Å². The van der Waals surface area contributed by atoms with Gasteiger partial charge in [-0.3, -0.25) is 9.59 Å². The quantitative estimate of drug-likeness (QED) is 0.170. The van der Waals surface area contributed by atoms with Crippen LogP contribution in [0.4, 0.5) is 0 Å². The normalized spacial score (nSPS) is 11.7. The van der Waals surface area contributed by atoms with Gasteiger partial charge in [0, 0.05) is 35.6 Å². The first kappa shape index (κ1) is 28.0. The lowest BCUT2D eigenvalue weighted by molar-refractivity contribution is 0.921. The molecule has 4 bridgehead atoms. The third kappa shape index (κ3) is 4.30. The summed E-state index contributed by atoms with van der Waals surface area (Å²) < 4.78 is 3.53. The Morgan fingerprint density at radius 1 is 0.312 bits per heavy atom. The van der Waals surface area contributed by atoms with Crippen molar-refractivity contribution in [1.82, 2.24) is 9.13 Å². The lowest BCUT2D eigenvalue weighted by Gasteiger charge is -2.11. The van der Waals surface area contributed by atoms with Crippen LogP contribution in [0.15, 0.2) is 155 Å². The van der Waals surface area contributed by atoms with E-state index in [1.54, 1.807) is 9.13 Å². The van der Waals surface area contributed by atoms with E-state index in [0.29, 0.717) is 10.8 Å². The Morgan fingerprint density at radius 3 is 1.02 bits per heavy atom. The molecule has 0 aliphatic carbocycles. The van der Waals surface area contributed by atoms with Gasteiger partial charge in [0.25, 0.3) is 11.1 Å². The van der Waals surface area contributed by atoms with Gasteiger partial charge in [-0.15, -0.1) is 0 Å².